The van der Waals surface area contributed by atoms with E-state index in [2.05, 4.69) is 20.3 Å². The van der Waals surface area contributed by atoms with Crippen LogP contribution in [0.25, 0.3) is 11.2 Å². The van der Waals surface area contributed by atoms with Gasteiger partial charge < -0.3 is 30.0 Å². The van der Waals surface area contributed by atoms with Crippen LogP contribution < -0.4 is 11.1 Å². The Morgan fingerprint density at radius 2 is 1.62 bits per heavy atom. The standard InChI is InChI=1S/C29H46FN6O11P/c1-16(2)11-18(37)47-20-17(46-23(29(20,9)30)36-13-33-19-21(32-10)34-26(31)35-22(19)36)12-43-48(40,44-14-41-24(38)27(3,4)5)45-15-42-25(39)28(6,7)8/h13,16-17,20,23H,11-12,14-15H2,1-10H3,(H3,31,32,34,35). The fraction of sp³-hybridized carbons (Fsp3) is 0.724. The van der Waals surface area contributed by atoms with Gasteiger partial charge in [-0.1, -0.05) is 13.8 Å². The number of imidazole rings is 1. The van der Waals surface area contributed by atoms with Crippen LogP contribution in [0.1, 0.15) is 75.0 Å². The number of phosphoric acid groups is 1. The molecule has 0 radical (unpaired) electrons. The molecule has 1 fully saturated rings. The van der Waals surface area contributed by atoms with Crippen molar-refractivity contribution in [1.29, 1.82) is 0 Å². The number of nitrogen functional groups attached to an aromatic ring is 1. The Hall–Kier alpha value is -3.44. The van der Waals surface area contributed by atoms with Crippen LogP contribution in [0.15, 0.2) is 6.33 Å². The van der Waals surface area contributed by atoms with Gasteiger partial charge in [-0.15, -0.1) is 0 Å². The molecule has 4 atom stereocenters. The summed E-state index contributed by atoms with van der Waals surface area (Å²) >= 11 is 0. The maximum Gasteiger partial charge on any atom is 0.480 e. The van der Waals surface area contributed by atoms with Gasteiger partial charge in [-0.05, 0) is 54.4 Å². The van der Waals surface area contributed by atoms with Crippen molar-refractivity contribution in [2.75, 3.05) is 38.3 Å². The molecule has 1 saturated heterocycles. The number of nitrogens with zero attached hydrogens (tertiary/aromatic N) is 4. The molecule has 3 heterocycles. The largest absolute Gasteiger partial charge is 0.480 e. The number of nitrogens with one attached hydrogen (secondary N) is 1. The average Bonchev–Trinajstić information content (AvgIpc) is 3.47. The van der Waals surface area contributed by atoms with Gasteiger partial charge in [-0.25, -0.2) is 23.0 Å². The van der Waals surface area contributed by atoms with Gasteiger partial charge in [-0.3, -0.25) is 23.5 Å². The summed E-state index contributed by atoms with van der Waals surface area (Å²) in [5.74, 6) is -2.03. The number of anilines is 2. The third kappa shape index (κ3) is 9.59. The van der Waals surface area contributed by atoms with Gasteiger partial charge in [0, 0.05) is 13.5 Å². The highest BCUT2D eigenvalue weighted by Crippen LogP contribution is 2.52. The molecule has 0 spiro atoms. The second-order valence-electron chi connectivity index (χ2n) is 13.8. The molecule has 3 rings (SSSR count). The van der Waals surface area contributed by atoms with Gasteiger partial charge in [-0.2, -0.15) is 9.97 Å². The second-order valence-corrected chi connectivity index (χ2v) is 15.5. The van der Waals surface area contributed by atoms with E-state index in [1.807, 2.05) is 0 Å². The van der Waals surface area contributed by atoms with Crippen molar-refractivity contribution in [3.63, 3.8) is 0 Å². The number of nitrogens with two attached hydrogens (primary N) is 1. The van der Waals surface area contributed by atoms with Gasteiger partial charge >= 0.3 is 25.7 Å². The molecule has 1 aliphatic rings. The van der Waals surface area contributed by atoms with Crippen molar-refractivity contribution in [2.45, 2.75) is 92.8 Å². The van der Waals surface area contributed by atoms with E-state index in [4.69, 9.17) is 38.3 Å². The Morgan fingerprint density at radius 1 is 1.06 bits per heavy atom. The van der Waals surface area contributed by atoms with E-state index < -0.39 is 80.9 Å². The summed E-state index contributed by atoms with van der Waals surface area (Å²) in [6.45, 7) is 11.9. The molecule has 0 saturated carbocycles. The predicted octanol–water partition coefficient (Wildman–Crippen LogP) is 4.29. The van der Waals surface area contributed by atoms with Crippen LogP contribution in [0.4, 0.5) is 16.2 Å². The number of alkyl halides is 1. The Bertz CT molecular complexity index is 1490. The molecule has 0 aliphatic carbocycles. The molecule has 17 nitrogen and oxygen atoms in total. The van der Waals surface area contributed by atoms with Crippen molar-refractivity contribution >= 4 is 48.7 Å². The van der Waals surface area contributed by atoms with E-state index in [0.717, 1.165) is 6.92 Å². The first-order chi connectivity index (χ1) is 22.1. The van der Waals surface area contributed by atoms with Crippen molar-refractivity contribution < 1.29 is 55.9 Å². The summed E-state index contributed by atoms with van der Waals surface area (Å²) in [6.07, 6.45) is -3.29. The highest BCUT2D eigenvalue weighted by Gasteiger charge is 2.59. The number of esters is 3. The van der Waals surface area contributed by atoms with Crippen LogP contribution in [-0.4, -0.2) is 82.5 Å². The number of rotatable bonds is 14. The first-order valence-electron chi connectivity index (χ1n) is 15.2. The lowest BCUT2D eigenvalue weighted by Crippen LogP contribution is -2.44. The lowest BCUT2D eigenvalue weighted by atomic mass is 9.98. The number of hydrogen-bond donors (Lipinski definition) is 2. The molecule has 48 heavy (non-hydrogen) atoms. The van der Waals surface area contributed by atoms with Crippen LogP contribution in [0, 0.1) is 16.7 Å². The predicted molar refractivity (Wildman–Crippen MR) is 169 cm³/mol. The molecule has 2 aromatic rings. The topological polar surface area (TPSA) is 215 Å². The van der Waals surface area contributed by atoms with E-state index in [0.29, 0.717) is 0 Å². The zero-order valence-corrected chi connectivity index (χ0v) is 29.8. The first kappa shape index (κ1) is 39.0. The zero-order chi connectivity index (χ0) is 36.2. The normalized spacial score (nSPS) is 21.8. The summed E-state index contributed by atoms with van der Waals surface area (Å²) in [7, 11) is -3.12. The molecule has 3 N–H and O–H groups in total. The number of fused-ring (bicyclic) bond motifs is 1. The second kappa shape index (κ2) is 15.0. The van der Waals surface area contributed by atoms with Crippen molar-refractivity contribution in [3.05, 3.63) is 6.33 Å². The maximum absolute atomic E-state index is 16.8. The van der Waals surface area contributed by atoms with Gasteiger partial charge in [0.1, 0.15) is 6.10 Å². The lowest BCUT2D eigenvalue weighted by molar-refractivity contribution is -0.163. The highest BCUT2D eigenvalue weighted by atomic mass is 31.2. The lowest BCUT2D eigenvalue weighted by Gasteiger charge is -2.28. The molecule has 1 aliphatic heterocycles. The van der Waals surface area contributed by atoms with Crippen LogP contribution in [-0.2, 0) is 51.5 Å². The minimum absolute atomic E-state index is 0.0306. The highest BCUT2D eigenvalue weighted by molar-refractivity contribution is 7.48. The van der Waals surface area contributed by atoms with Crippen molar-refractivity contribution in [3.8, 4) is 0 Å². The minimum atomic E-state index is -4.71. The number of carbonyl (C=O) groups is 3. The van der Waals surface area contributed by atoms with Gasteiger partial charge in [0.25, 0.3) is 0 Å². The van der Waals surface area contributed by atoms with Crippen LogP contribution in [0.5, 0.6) is 0 Å². The molecule has 0 amide bonds. The number of phosphoric ester groups is 1. The monoisotopic (exact) mass is 704 g/mol. The Morgan fingerprint density at radius 3 is 2.12 bits per heavy atom. The number of aromatic nitrogens is 4. The zero-order valence-electron chi connectivity index (χ0n) is 28.9. The van der Waals surface area contributed by atoms with E-state index in [9.17, 15) is 18.9 Å². The summed E-state index contributed by atoms with van der Waals surface area (Å²) in [6, 6.07) is 0. The van der Waals surface area contributed by atoms with Gasteiger partial charge in [0.15, 0.2) is 35.0 Å². The SMILES string of the molecule is CNc1nc(N)nc2c1ncn2C1OC(COP(=O)(OCOC(=O)C(C)(C)C)OCOC(=O)C(C)(C)C)C(OC(=O)CC(C)C)C1(C)F. The van der Waals surface area contributed by atoms with Gasteiger partial charge in [0.2, 0.25) is 19.5 Å². The molecule has 4 unspecified atom stereocenters. The van der Waals surface area contributed by atoms with Gasteiger partial charge in [0.05, 0.1) is 23.8 Å². The quantitative estimate of drug-likeness (QED) is 0.121. The maximum atomic E-state index is 16.8. The molecular formula is C29H46FN6O11P. The molecule has 2 aromatic heterocycles. The first-order valence-corrected chi connectivity index (χ1v) is 16.6. The summed E-state index contributed by atoms with van der Waals surface area (Å²) in [4.78, 5) is 49.8. The average molecular weight is 705 g/mol. The Kier molecular flexibility index (Phi) is 12.2. The Labute approximate surface area is 278 Å². The molecule has 270 valence electrons. The number of hydrogen-bond acceptors (Lipinski definition) is 16. The van der Waals surface area contributed by atoms with Crippen LogP contribution >= 0.6 is 7.82 Å². The van der Waals surface area contributed by atoms with Crippen LogP contribution in [0.3, 0.4) is 0 Å². The summed E-state index contributed by atoms with van der Waals surface area (Å²) in [5, 5.41) is 2.85. The number of carbonyl (C=O) groups excluding carboxylic acids is 3. The molecule has 0 bridgehead atoms. The van der Waals surface area contributed by atoms with Crippen LogP contribution in [0.2, 0.25) is 0 Å². The van der Waals surface area contributed by atoms with Crippen molar-refractivity contribution in [1.82, 2.24) is 19.5 Å². The molecular weight excluding hydrogens is 658 g/mol. The third-order valence-corrected chi connectivity index (χ3v) is 8.17. The van der Waals surface area contributed by atoms with Crippen molar-refractivity contribution in [2.24, 2.45) is 16.7 Å². The van der Waals surface area contributed by atoms with E-state index >= 15 is 4.39 Å². The number of halogens is 1. The summed E-state index contributed by atoms with van der Waals surface area (Å²) in [5.41, 5.74) is 1.99. The van der Waals surface area contributed by atoms with E-state index in [1.54, 1.807) is 62.4 Å². The Balaban J connectivity index is 1.92. The molecule has 0 aromatic carbocycles. The number of ether oxygens (including phenoxy) is 4. The van der Waals surface area contributed by atoms with E-state index in [-0.39, 0.29) is 35.3 Å². The summed E-state index contributed by atoms with van der Waals surface area (Å²) < 4.78 is 69.4. The fourth-order valence-electron chi connectivity index (χ4n) is 4.33. The molecule has 19 heteroatoms. The third-order valence-electron chi connectivity index (χ3n) is 6.87. The smallest absolute Gasteiger partial charge is 0.456 e. The van der Waals surface area contributed by atoms with E-state index in [1.165, 1.54) is 10.9 Å². The minimum Gasteiger partial charge on any atom is -0.456 e. The fourth-order valence-corrected chi connectivity index (χ4v) is 5.25.